The van der Waals surface area contributed by atoms with E-state index in [9.17, 15) is 9.90 Å². The van der Waals surface area contributed by atoms with Gasteiger partial charge in [0.15, 0.2) is 22.3 Å². The number of thiazole rings is 1. The van der Waals surface area contributed by atoms with Gasteiger partial charge in [0.25, 0.3) is 0 Å². The van der Waals surface area contributed by atoms with Crippen molar-refractivity contribution in [3.63, 3.8) is 0 Å². The summed E-state index contributed by atoms with van der Waals surface area (Å²) in [5.41, 5.74) is 0.886. The lowest BCUT2D eigenvalue weighted by atomic mass is 9.94. The highest BCUT2D eigenvalue weighted by atomic mass is 35.5. The summed E-state index contributed by atoms with van der Waals surface area (Å²) in [6.45, 7) is 1.79. The van der Waals surface area contributed by atoms with Crippen molar-refractivity contribution >= 4 is 29.5 Å². The molecule has 1 saturated heterocycles. The summed E-state index contributed by atoms with van der Waals surface area (Å²) in [4.78, 5) is 17.7. The number of aromatic nitrogens is 1. The first kappa shape index (κ1) is 17.7. The van der Waals surface area contributed by atoms with Crippen LogP contribution in [0.15, 0.2) is 24.4 Å². The molecule has 5 nitrogen and oxygen atoms in total. The number of phenols is 1. The van der Waals surface area contributed by atoms with Crippen molar-refractivity contribution in [2.75, 3.05) is 20.2 Å². The minimum Gasteiger partial charge on any atom is -0.504 e. The molecule has 1 aromatic carbocycles. The molecule has 2 N–H and O–H groups in total. The third-order valence-electron chi connectivity index (χ3n) is 3.89. The molecule has 0 saturated carbocycles. The van der Waals surface area contributed by atoms with Gasteiger partial charge in [-0.3, -0.25) is 4.79 Å². The van der Waals surface area contributed by atoms with E-state index in [2.05, 4.69) is 10.3 Å². The van der Waals surface area contributed by atoms with E-state index < -0.39 is 0 Å². The molecule has 0 unspecified atom stereocenters. The number of carbonyl (C=O) groups excluding carboxylic acids is 1. The molecule has 1 fully saturated rings. The van der Waals surface area contributed by atoms with Crippen LogP contribution < -0.4 is 10.1 Å². The number of carbonyl (C=O) groups is 1. The number of aromatic hydroxyl groups is 1. The monoisotopic (exact) mass is 354 g/mol. The number of rotatable bonds is 4. The first-order valence-electron chi connectivity index (χ1n) is 7.27. The molecule has 2 heterocycles. The van der Waals surface area contributed by atoms with E-state index in [1.165, 1.54) is 18.4 Å². The fourth-order valence-electron chi connectivity index (χ4n) is 2.61. The average Bonchev–Trinajstić information content (AvgIpc) is 3.05. The fraction of sp³-hybridized carbons (Fsp3) is 0.375. The van der Waals surface area contributed by atoms with Gasteiger partial charge in [-0.2, -0.15) is 0 Å². The quantitative estimate of drug-likeness (QED) is 0.825. The second-order valence-electron chi connectivity index (χ2n) is 5.30. The Morgan fingerprint density at radius 1 is 1.39 bits per heavy atom. The third kappa shape index (κ3) is 3.83. The molecular weight excluding hydrogens is 336 g/mol. The largest absolute Gasteiger partial charge is 0.504 e. The molecule has 0 bridgehead atoms. The van der Waals surface area contributed by atoms with Crippen LogP contribution >= 0.6 is 23.7 Å². The predicted molar refractivity (Wildman–Crippen MR) is 92.9 cm³/mol. The van der Waals surface area contributed by atoms with Crippen LogP contribution in [0, 0.1) is 5.92 Å². The minimum atomic E-state index is 0. The lowest BCUT2D eigenvalue weighted by Crippen LogP contribution is -2.31. The number of ether oxygens (including phenoxy) is 1. The number of phenolic OH excluding ortho intramolecular Hbond substituents is 1. The molecule has 3 rings (SSSR count). The molecular formula is C16H19ClN2O3S. The zero-order valence-corrected chi connectivity index (χ0v) is 14.4. The van der Waals surface area contributed by atoms with E-state index in [4.69, 9.17) is 4.74 Å². The Morgan fingerprint density at radius 2 is 2.13 bits per heavy atom. The molecule has 124 valence electrons. The number of halogens is 1. The summed E-state index contributed by atoms with van der Waals surface area (Å²) in [5.74, 6) is 0.733. The number of benzene rings is 1. The topological polar surface area (TPSA) is 71.5 Å². The van der Waals surface area contributed by atoms with Gasteiger partial charge in [-0.25, -0.2) is 4.98 Å². The molecule has 23 heavy (non-hydrogen) atoms. The lowest BCUT2D eigenvalue weighted by Gasteiger charge is -2.20. The van der Waals surface area contributed by atoms with Crippen molar-refractivity contribution in [1.82, 2.24) is 10.3 Å². The SMILES string of the molecule is COc1cc(-c2cnc(C(=O)C3CCNCC3)s2)ccc1O.Cl. The van der Waals surface area contributed by atoms with E-state index >= 15 is 0 Å². The van der Waals surface area contributed by atoms with Gasteiger partial charge in [-0.15, -0.1) is 23.7 Å². The molecule has 0 radical (unpaired) electrons. The van der Waals surface area contributed by atoms with Crippen molar-refractivity contribution in [3.8, 4) is 21.9 Å². The van der Waals surface area contributed by atoms with Gasteiger partial charge in [0.05, 0.1) is 12.0 Å². The van der Waals surface area contributed by atoms with Crippen LogP contribution in [0.25, 0.3) is 10.4 Å². The van der Waals surface area contributed by atoms with Gasteiger partial charge >= 0.3 is 0 Å². The molecule has 1 aliphatic heterocycles. The van der Waals surface area contributed by atoms with Crippen LogP contribution in [0.2, 0.25) is 0 Å². The van der Waals surface area contributed by atoms with Crippen LogP contribution in [-0.4, -0.2) is 36.1 Å². The van der Waals surface area contributed by atoms with Crippen LogP contribution in [0.1, 0.15) is 22.6 Å². The molecule has 0 atom stereocenters. The molecule has 2 aromatic rings. The van der Waals surface area contributed by atoms with Gasteiger partial charge < -0.3 is 15.2 Å². The third-order valence-corrected chi connectivity index (χ3v) is 4.95. The maximum Gasteiger partial charge on any atom is 0.194 e. The van der Waals surface area contributed by atoms with Gasteiger partial charge in [-0.1, -0.05) is 0 Å². The Morgan fingerprint density at radius 3 is 2.83 bits per heavy atom. The Bertz CT molecular complexity index is 684. The highest BCUT2D eigenvalue weighted by molar-refractivity contribution is 7.17. The first-order valence-corrected chi connectivity index (χ1v) is 8.09. The van der Waals surface area contributed by atoms with Crippen LogP contribution in [0.4, 0.5) is 0 Å². The molecule has 7 heteroatoms. The highest BCUT2D eigenvalue weighted by Crippen LogP contribution is 2.34. The number of methoxy groups -OCH3 is 1. The zero-order valence-electron chi connectivity index (χ0n) is 12.7. The Hall–Kier alpha value is -1.63. The second-order valence-corrected chi connectivity index (χ2v) is 6.34. The van der Waals surface area contributed by atoms with Crippen molar-refractivity contribution in [3.05, 3.63) is 29.4 Å². The first-order chi connectivity index (χ1) is 10.7. The van der Waals surface area contributed by atoms with Gasteiger partial charge in [0.2, 0.25) is 0 Å². The van der Waals surface area contributed by atoms with Crippen LogP contribution in [-0.2, 0) is 0 Å². The summed E-state index contributed by atoms with van der Waals surface area (Å²) in [6.07, 6.45) is 3.46. The number of ketones is 1. The van der Waals surface area contributed by atoms with Crippen molar-refractivity contribution in [2.24, 2.45) is 5.92 Å². The van der Waals surface area contributed by atoms with Crippen LogP contribution in [0.3, 0.4) is 0 Å². The lowest BCUT2D eigenvalue weighted by molar-refractivity contribution is 0.0894. The number of nitrogens with zero attached hydrogens (tertiary/aromatic N) is 1. The Balaban J connectivity index is 0.00000192. The number of hydrogen-bond acceptors (Lipinski definition) is 6. The number of Topliss-reactive ketones (excluding diaryl/α,β-unsaturated/α-hetero) is 1. The Kier molecular flexibility index (Phi) is 5.98. The molecule has 0 aliphatic carbocycles. The highest BCUT2D eigenvalue weighted by Gasteiger charge is 2.24. The van der Waals surface area contributed by atoms with Gasteiger partial charge in [-0.05, 0) is 49.7 Å². The minimum absolute atomic E-state index is 0. The van der Waals surface area contributed by atoms with E-state index in [1.807, 2.05) is 0 Å². The number of nitrogens with one attached hydrogen (secondary N) is 1. The molecule has 0 amide bonds. The predicted octanol–water partition coefficient (Wildman–Crippen LogP) is 3.13. The summed E-state index contributed by atoms with van der Waals surface area (Å²) in [7, 11) is 1.51. The van der Waals surface area contributed by atoms with Crippen molar-refractivity contribution < 1.29 is 14.6 Å². The van der Waals surface area contributed by atoms with E-state index in [1.54, 1.807) is 24.4 Å². The van der Waals surface area contributed by atoms with Crippen molar-refractivity contribution in [1.29, 1.82) is 0 Å². The van der Waals surface area contributed by atoms with E-state index in [0.717, 1.165) is 36.4 Å². The molecule has 1 aliphatic rings. The maximum absolute atomic E-state index is 12.5. The summed E-state index contributed by atoms with van der Waals surface area (Å²) < 4.78 is 5.12. The van der Waals surface area contributed by atoms with Crippen molar-refractivity contribution in [2.45, 2.75) is 12.8 Å². The Labute approximate surface area is 145 Å². The average molecular weight is 355 g/mol. The van der Waals surface area contributed by atoms with Gasteiger partial charge in [0.1, 0.15) is 0 Å². The number of hydrogen-bond donors (Lipinski definition) is 2. The summed E-state index contributed by atoms with van der Waals surface area (Å²) in [6, 6.07) is 5.13. The zero-order chi connectivity index (χ0) is 15.5. The van der Waals surface area contributed by atoms with Crippen LogP contribution in [0.5, 0.6) is 11.5 Å². The molecule has 1 aromatic heterocycles. The maximum atomic E-state index is 12.5. The number of piperidine rings is 1. The fourth-order valence-corrected chi connectivity index (χ4v) is 3.54. The second kappa shape index (κ2) is 7.77. The standard InChI is InChI=1S/C16H18N2O3S.ClH/c1-21-13-8-11(2-3-12(13)19)14-9-18-16(22-14)15(20)10-4-6-17-7-5-10;/h2-3,8-10,17,19H,4-7H2,1H3;1H. The van der Waals surface area contributed by atoms with E-state index in [-0.39, 0.29) is 29.9 Å². The smallest absolute Gasteiger partial charge is 0.194 e. The summed E-state index contributed by atoms with van der Waals surface area (Å²) >= 11 is 1.39. The van der Waals surface area contributed by atoms with Gasteiger partial charge in [0, 0.05) is 12.1 Å². The molecule has 0 spiro atoms. The summed E-state index contributed by atoms with van der Waals surface area (Å²) in [5, 5.41) is 13.5. The normalized spacial score (nSPS) is 15.0. The van der Waals surface area contributed by atoms with E-state index in [0.29, 0.717) is 10.8 Å².